The van der Waals surface area contributed by atoms with E-state index in [0.29, 0.717) is 0 Å². The number of hydrogen-bond donors (Lipinski definition) is 0. The predicted molar refractivity (Wildman–Crippen MR) is 50.8 cm³/mol. The topological polar surface area (TPSA) is 43.4 Å². The highest BCUT2D eigenvalue weighted by Crippen LogP contribution is 2.54. The van der Waals surface area contributed by atoms with Crippen molar-refractivity contribution in [3.8, 4) is 0 Å². The van der Waals surface area contributed by atoms with E-state index in [2.05, 4.69) is 4.74 Å². The summed E-state index contributed by atoms with van der Waals surface area (Å²) in [7, 11) is 1.25. The molecule has 0 spiro atoms. The van der Waals surface area contributed by atoms with Crippen LogP contribution in [0.2, 0.25) is 0 Å². The molecular weight excluding hydrogens is 218 g/mol. The number of carbonyl (C=O) groups excluding carboxylic acids is 2. The van der Waals surface area contributed by atoms with Crippen LogP contribution in [-0.2, 0) is 14.3 Å². The Hall–Kier alpha value is -1.26. The Bertz CT molecular complexity index is 366. The largest absolute Gasteiger partial charge is 0.469 e. The average molecular weight is 230 g/mol. The van der Waals surface area contributed by atoms with Crippen molar-refractivity contribution in [3.05, 3.63) is 12.2 Å². The molecule has 2 rings (SSSR count). The maximum atomic E-state index is 14.0. The van der Waals surface area contributed by atoms with Gasteiger partial charge in [-0.2, -0.15) is 4.39 Å². The van der Waals surface area contributed by atoms with Gasteiger partial charge >= 0.3 is 12.0 Å². The van der Waals surface area contributed by atoms with Crippen LogP contribution >= 0.6 is 0 Å². The Morgan fingerprint density at radius 3 is 2.69 bits per heavy atom. The summed E-state index contributed by atoms with van der Waals surface area (Å²) in [5.41, 5.74) is -2.43. The van der Waals surface area contributed by atoms with E-state index < -0.39 is 23.6 Å². The molecule has 4 atom stereocenters. The van der Waals surface area contributed by atoms with Crippen molar-refractivity contribution < 1.29 is 23.1 Å². The summed E-state index contributed by atoms with van der Waals surface area (Å²) < 4.78 is 31.2. The van der Waals surface area contributed by atoms with Crippen LogP contribution in [0, 0.1) is 17.8 Å². The van der Waals surface area contributed by atoms with Gasteiger partial charge in [-0.1, -0.05) is 12.2 Å². The number of carbonyl (C=O) groups is 2. The third-order valence-corrected chi connectivity index (χ3v) is 3.59. The summed E-state index contributed by atoms with van der Waals surface area (Å²) in [5.74, 6) is -1.88. The van der Waals surface area contributed by atoms with Crippen molar-refractivity contribution in [1.29, 1.82) is 0 Å². The Kier molecular flexibility index (Phi) is 2.56. The minimum absolute atomic E-state index is 0.0256. The highest BCUT2D eigenvalue weighted by Gasteiger charge is 2.60. The van der Waals surface area contributed by atoms with Crippen LogP contribution in [0.15, 0.2) is 12.2 Å². The van der Waals surface area contributed by atoms with Gasteiger partial charge in [-0.15, -0.1) is 0 Å². The van der Waals surface area contributed by atoms with Crippen molar-refractivity contribution in [2.24, 2.45) is 17.8 Å². The summed E-state index contributed by atoms with van der Waals surface area (Å²) in [6.07, 6.45) is 3.11. The van der Waals surface area contributed by atoms with E-state index in [-0.39, 0.29) is 24.7 Å². The van der Waals surface area contributed by atoms with Gasteiger partial charge in [0.2, 0.25) is 5.67 Å². The molecule has 0 aliphatic heterocycles. The van der Waals surface area contributed by atoms with E-state index in [1.807, 2.05) is 0 Å². The quantitative estimate of drug-likeness (QED) is 0.420. The van der Waals surface area contributed by atoms with Gasteiger partial charge in [-0.3, -0.25) is 9.59 Å². The Labute approximate surface area is 91.5 Å². The normalized spacial score (nSPS) is 40.1. The second-order valence-electron chi connectivity index (χ2n) is 4.36. The first-order chi connectivity index (χ1) is 7.49. The fourth-order valence-corrected chi connectivity index (χ4v) is 2.77. The number of allylic oxidation sites excluding steroid dienone is 2. The molecule has 0 radical (unpaired) electrons. The molecule has 0 aromatic rings. The Balaban J connectivity index is 2.16. The van der Waals surface area contributed by atoms with Gasteiger partial charge in [0.25, 0.3) is 0 Å². The standard InChI is InChI=1S/C11H12F2O3/c1-16-9(14)4-7-6-2-3-8(7)11(13,5-6)10(12)15/h2-3,6-8H,4-5H2,1H3. The van der Waals surface area contributed by atoms with E-state index in [1.165, 1.54) is 13.2 Å². The first-order valence-corrected chi connectivity index (χ1v) is 5.13. The molecule has 0 heterocycles. The van der Waals surface area contributed by atoms with Gasteiger partial charge in [-0.25, -0.2) is 4.39 Å². The van der Waals surface area contributed by atoms with E-state index >= 15 is 0 Å². The van der Waals surface area contributed by atoms with Gasteiger partial charge in [0.1, 0.15) is 0 Å². The molecule has 88 valence electrons. The molecule has 2 aliphatic rings. The van der Waals surface area contributed by atoms with E-state index in [1.54, 1.807) is 6.08 Å². The van der Waals surface area contributed by atoms with Gasteiger partial charge in [0, 0.05) is 12.3 Å². The van der Waals surface area contributed by atoms with E-state index in [0.717, 1.165) is 0 Å². The molecular formula is C11H12F2O3. The number of hydrogen-bond acceptors (Lipinski definition) is 3. The lowest BCUT2D eigenvalue weighted by molar-refractivity contribution is -0.146. The molecule has 3 nitrogen and oxygen atoms in total. The number of alkyl halides is 1. The number of methoxy groups -OCH3 is 1. The lowest BCUT2D eigenvalue weighted by Crippen LogP contribution is -2.36. The third kappa shape index (κ3) is 1.45. The predicted octanol–water partition coefficient (Wildman–Crippen LogP) is 1.58. The van der Waals surface area contributed by atoms with Crippen LogP contribution in [-0.4, -0.2) is 24.8 Å². The number of esters is 1. The van der Waals surface area contributed by atoms with Crippen LogP contribution in [0.3, 0.4) is 0 Å². The second-order valence-corrected chi connectivity index (χ2v) is 4.36. The smallest absolute Gasteiger partial charge is 0.339 e. The summed E-state index contributed by atoms with van der Waals surface area (Å²) in [5, 5.41) is 0. The lowest BCUT2D eigenvalue weighted by atomic mass is 9.87. The molecule has 2 aliphatic carbocycles. The third-order valence-electron chi connectivity index (χ3n) is 3.59. The minimum Gasteiger partial charge on any atom is -0.469 e. The highest BCUT2D eigenvalue weighted by molar-refractivity contribution is 5.81. The number of rotatable bonds is 3. The van der Waals surface area contributed by atoms with Crippen LogP contribution in [0.4, 0.5) is 8.78 Å². The van der Waals surface area contributed by atoms with Crippen LogP contribution < -0.4 is 0 Å². The highest BCUT2D eigenvalue weighted by atomic mass is 19.2. The molecule has 16 heavy (non-hydrogen) atoms. The number of ether oxygens (including phenoxy) is 1. The number of halogens is 2. The van der Waals surface area contributed by atoms with Crippen molar-refractivity contribution in [2.45, 2.75) is 18.5 Å². The van der Waals surface area contributed by atoms with Gasteiger partial charge in [0.15, 0.2) is 0 Å². The second kappa shape index (κ2) is 3.64. The first kappa shape index (κ1) is 11.2. The summed E-state index contributed by atoms with van der Waals surface area (Å²) in [4.78, 5) is 21.8. The average Bonchev–Trinajstić information content (AvgIpc) is 2.73. The monoisotopic (exact) mass is 230 g/mol. The SMILES string of the molecule is COC(=O)CC1C2C=CC1C(F)(C(=O)F)C2. The van der Waals surface area contributed by atoms with Gasteiger partial charge < -0.3 is 4.74 Å². The van der Waals surface area contributed by atoms with Crippen molar-refractivity contribution >= 4 is 12.0 Å². The molecule has 0 aromatic carbocycles. The van der Waals surface area contributed by atoms with Gasteiger partial charge in [-0.05, 0) is 18.3 Å². The fourth-order valence-electron chi connectivity index (χ4n) is 2.77. The minimum atomic E-state index is -2.43. The summed E-state index contributed by atoms with van der Waals surface area (Å²) >= 11 is 0. The van der Waals surface area contributed by atoms with E-state index in [4.69, 9.17) is 0 Å². The van der Waals surface area contributed by atoms with Crippen LogP contribution in [0.1, 0.15) is 12.8 Å². The van der Waals surface area contributed by atoms with E-state index in [9.17, 15) is 18.4 Å². The molecule has 2 bridgehead atoms. The van der Waals surface area contributed by atoms with Crippen LogP contribution in [0.5, 0.6) is 0 Å². The van der Waals surface area contributed by atoms with Crippen molar-refractivity contribution in [3.63, 3.8) is 0 Å². The first-order valence-electron chi connectivity index (χ1n) is 5.13. The molecule has 0 aromatic heterocycles. The zero-order chi connectivity index (χ0) is 11.9. The molecule has 0 amide bonds. The molecule has 5 heteroatoms. The van der Waals surface area contributed by atoms with Crippen molar-refractivity contribution in [2.75, 3.05) is 7.11 Å². The molecule has 4 unspecified atom stereocenters. The van der Waals surface area contributed by atoms with Gasteiger partial charge in [0.05, 0.1) is 7.11 Å². The maximum absolute atomic E-state index is 14.0. The van der Waals surface area contributed by atoms with Crippen LogP contribution in [0.25, 0.3) is 0 Å². The summed E-state index contributed by atoms with van der Waals surface area (Å²) in [6, 6.07) is -1.93. The molecule has 1 fully saturated rings. The number of fused-ring (bicyclic) bond motifs is 2. The Morgan fingerprint density at radius 1 is 1.50 bits per heavy atom. The molecule has 0 N–H and O–H groups in total. The fraction of sp³-hybridized carbons (Fsp3) is 0.636. The molecule has 0 saturated heterocycles. The zero-order valence-electron chi connectivity index (χ0n) is 8.78. The Morgan fingerprint density at radius 2 is 2.19 bits per heavy atom. The molecule has 1 saturated carbocycles. The van der Waals surface area contributed by atoms with Crippen molar-refractivity contribution in [1.82, 2.24) is 0 Å². The maximum Gasteiger partial charge on any atom is 0.339 e. The lowest BCUT2D eigenvalue weighted by Gasteiger charge is -2.22. The zero-order valence-corrected chi connectivity index (χ0v) is 8.78. The summed E-state index contributed by atoms with van der Waals surface area (Å²) in [6.45, 7) is 0.